The number of rotatable bonds is 5. The molecule has 4 rings (SSSR count). The molecular formula is C21H22N4O2. The van der Waals surface area contributed by atoms with Crippen molar-refractivity contribution in [3.63, 3.8) is 0 Å². The average molecular weight is 362 g/mol. The fourth-order valence-corrected chi connectivity index (χ4v) is 3.30. The highest BCUT2D eigenvalue weighted by molar-refractivity contribution is 6.06. The van der Waals surface area contributed by atoms with E-state index >= 15 is 0 Å². The van der Waals surface area contributed by atoms with Crippen LogP contribution in [0.1, 0.15) is 35.9 Å². The number of carbonyl (C=O) groups is 1. The zero-order chi connectivity index (χ0) is 18.6. The molecule has 0 radical (unpaired) electrons. The number of nitrogens with zero attached hydrogens (tertiary/aromatic N) is 3. The Morgan fingerprint density at radius 3 is 2.89 bits per heavy atom. The minimum atomic E-state index is -0.207. The first kappa shape index (κ1) is 17.3. The quantitative estimate of drug-likeness (QED) is 0.747. The summed E-state index contributed by atoms with van der Waals surface area (Å²) in [6, 6.07) is 11.2. The third-order valence-corrected chi connectivity index (χ3v) is 4.65. The van der Waals surface area contributed by atoms with Crippen LogP contribution < -0.4 is 10.1 Å². The van der Waals surface area contributed by atoms with E-state index in [9.17, 15) is 4.79 Å². The van der Waals surface area contributed by atoms with Crippen LogP contribution in [0.4, 0.5) is 5.69 Å². The van der Waals surface area contributed by atoms with Crippen LogP contribution in [-0.4, -0.2) is 27.0 Å². The lowest BCUT2D eigenvalue weighted by Crippen LogP contribution is -2.13. The lowest BCUT2D eigenvalue weighted by atomic mass is 10.1. The van der Waals surface area contributed by atoms with Crippen molar-refractivity contribution in [2.45, 2.75) is 32.7 Å². The van der Waals surface area contributed by atoms with Crippen molar-refractivity contribution in [2.24, 2.45) is 0 Å². The standard InChI is InChI=1S/C21H22N4O2/c1-2-27-20-11-10-15(13-22-20)21(26)24-17-8-4-3-7-16(17)18-14-25-12-6-5-9-19(25)23-18/h3-4,7-8,10-11,13-14H,2,5-6,9,12H2,1H3,(H,24,26). The number of hydrogen-bond donors (Lipinski definition) is 1. The van der Waals surface area contributed by atoms with E-state index in [1.165, 1.54) is 19.0 Å². The molecule has 0 bridgehead atoms. The molecule has 0 saturated carbocycles. The first-order valence-corrected chi connectivity index (χ1v) is 9.30. The first-order chi connectivity index (χ1) is 13.2. The Morgan fingerprint density at radius 1 is 1.22 bits per heavy atom. The molecule has 138 valence electrons. The summed E-state index contributed by atoms with van der Waals surface area (Å²) in [5.41, 5.74) is 3.04. The number of carbonyl (C=O) groups excluding carboxylic acids is 1. The molecule has 0 saturated heterocycles. The summed E-state index contributed by atoms with van der Waals surface area (Å²) in [7, 11) is 0. The van der Waals surface area contributed by atoms with Gasteiger partial charge in [-0.15, -0.1) is 0 Å². The van der Waals surface area contributed by atoms with Crippen molar-refractivity contribution >= 4 is 11.6 Å². The molecule has 3 aromatic rings. The van der Waals surface area contributed by atoms with Gasteiger partial charge in [-0.2, -0.15) is 0 Å². The van der Waals surface area contributed by atoms with Gasteiger partial charge < -0.3 is 14.6 Å². The summed E-state index contributed by atoms with van der Waals surface area (Å²) in [6.45, 7) is 3.45. The minimum Gasteiger partial charge on any atom is -0.478 e. The molecule has 1 aliphatic rings. The van der Waals surface area contributed by atoms with E-state index in [2.05, 4.69) is 21.1 Å². The second kappa shape index (κ2) is 7.61. The molecule has 0 aliphatic carbocycles. The van der Waals surface area contributed by atoms with Gasteiger partial charge in [-0.3, -0.25) is 4.79 Å². The molecular weight excluding hydrogens is 340 g/mol. The molecule has 1 N–H and O–H groups in total. The van der Waals surface area contributed by atoms with Crippen LogP contribution in [-0.2, 0) is 13.0 Å². The molecule has 0 atom stereocenters. The van der Waals surface area contributed by atoms with E-state index in [1.54, 1.807) is 12.1 Å². The highest BCUT2D eigenvalue weighted by Gasteiger charge is 2.16. The minimum absolute atomic E-state index is 0.207. The van der Waals surface area contributed by atoms with E-state index in [0.717, 1.165) is 35.7 Å². The highest BCUT2D eigenvalue weighted by Crippen LogP contribution is 2.29. The Bertz CT molecular complexity index is 924. The van der Waals surface area contributed by atoms with Crippen LogP contribution in [0.15, 0.2) is 48.8 Å². The maximum absolute atomic E-state index is 12.6. The Morgan fingerprint density at radius 2 is 2.11 bits per heavy atom. The van der Waals surface area contributed by atoms with Crippen LogP contribution in [0.2, 0.25) is 0 Å². The molecule has 3 heterocycles. The van der Waals surface area contributed by atoms with Crippen LogP contribution in [0.5, 0.6) is 5.88 Å². The maximum Gasteiger partial charge on any atom is 0.257 e. The van der Waals surface area contributed by atoms with Gasteiger partial charge in [0.25, 0.3) is 5.91 Å². The number of anilines is 1. The smallest absolute Gasteiger partial charge is 0.257 e. The summed E-state index contributed by atoms with van der Waals surface area (Å²) in [5.74, 6) is 1.42. The van der Waals surface area contributed by atoms with Crippen molar-refractivity contribution in [3.8, 4) is 17.1 Å². The highest BCUT2D eigenvalue weighted by atomic mass is 16.5. The zero-order valence-corrected chi connectivity index (χ0v) is 15.3. The predicted molar refractivity (Wildman–Crippen MR) is 104 cm³/mol. The number of hydrogen-bond acceptors (Lipinski definition) is 4. The molecule has 27 heavy (non-hydrogen) atoms. The monoisotopic (exact) mass is 362 g/mol. The molecule has 0 unspecified atom stereocenters. The maximum atomic E-state index is 12.6. The van der Waals surface area contributed by atoms with Crippen LogP contribution in [0.25, 0.3) is 11.3 Å². The third-order valence-electron chi connectivity index (χ3n) is 4.65. The van der Waals surface area contributed by atoms with Crippen molar-refractivity contribution in [1.82, 2.24) is 14.5 Å². The topological polar surface area (TPSA) is 69.0 Å². The predicted octanol–water partition coefficient (Wildman–Crippen LogP) is 3.93. The summed E-state index contributed by atoms with van der Waals surface area (Å²) in [4.78, 5) is 21.6. The molecule has 1 aromatic carbocycles. The van der Waals surface area contributed by atoms with Crippen LogP contribution in [0.3, 0.4) is 0 Å². The molecule has 0 fully saturated rings. The molecule has 1 amide bonds. The number of ether oxygens (including phenoxy) is 1. The van der Waals surface area contributed by atoms with Crippen molar-refractivity contribution in [1.29, 1.82) is 0 Å². The Kier molecular flexibility index (Phi) is 4.87. The normalized spacial score (nSPS) is 13.1. The Labute approximate surface area is 158 Å². The Balaban J connectivity index is 1.57. The summed E-state index contributed by atoms with van der Waals surface area (Å²) >= 11 is 0. The Hall–Kier alpha value is -3.15. The summed E-state index contributed by atoms with van der Waals surface area (Å²) in [6.07, 6.45) is 6.98. The first-order valence-electron chi connectivity index (χ1n) is 9.30. The fourth-order valence-electron chi connectivity index (χ4n) is 3.30. The van der Waals surface area contributed by atoms with Crippen LogP contribution >= 0.6 is 0 Å². The van der Waals surface area contributed by atoms with Crippen molar-refractivity contribution < 1.29 is 9.53 Å². The number of pyridine rings is 1. The number of aryl methyl sites for hydroxylation is 2. The lowest BCUT2D eigenvalue weighted by Gasteiger charge is -2.11. The number of fused-ring (bicyclic) bond motifs is 1. The van der Waals surface area contributed by atoms with Gasteiger partial charge in [0.1, 0.15) is 5.82 Å². The molecule has 6 heteroatoms. The van der Waals surface area contributed by atoms with Gasteiger partial charge in [0.05, 0.1) is 23.6 Å². The van der Waals surface area contributed by atoms with E-state index in [-0.39, 0.29) is 5.91 Å². The SMILES string of the molecule is CCOc1ccc(C(=O)Nc2ccccc2-c2cn3c(n2)CCCC3)cn1. The summed E-state index contributed by atoms with van der Waals surface area (Å²) in [5, 5.41) is 2.99. The number of benzene rings is 1. The molecule has 0 spiro atoms. The van der Waals surface area contributed by atoms with Gasteiger partial charge in [-0.1, -0.05) is 18.2 Å². The number of imidazole rings is 1. The van der Waals surface area contributed by atoms with E-state index in [0.29, 0.717) is 18.1 Å². The fraction of sp³-hybridized carbons (Fsp3) is 0.286. The van der Waals surface area contributed by atoms with Crippen molar-refractivity contribution in [3.05, 3.63) is 60.2 Å². The number of nitrogens with one attached hydrogen (secondary N) is 1. The number of para-hydroxylation sites is 1. The van der Waals surface area contributed by atoms with Gasteiger partial charge >= 0.3 is 0 Å². The second-order valence-corrected chi connectivity index (χ2v) is 6.51. The van der Waals surface area contributed by atoms with Gasteiger partial charge in [0, 0.05) is 37.0 Å². The average Bonchev–Trinajstić information content (AvgIpc) is 3.13. The van der Waals surface area contributed by atoms with E-state index in [1.807, 2.05) is 31.2 Å². The van der Waals surface area contributed by atoms with Crippen molar-refractivity contribution in [2.75, 3.05) is 11.9 Å². The third kappa shape index (κ3) is 3.69. The summed E-state index contributed by atoms with van der Waals surface area (Å²) < 4.78 is 7.54. The molecule has 6 nitrogen and oxygen atoms in total. The zero-order valence-electron chi connectivity index (χ0n) is 15.3. The van der Waals surface area contributed by atoms with Gasteiger partial charge in [0.2, 0.25) is 5.88 Å². The second-order valence-electron chi connectivity index (χ2n) is 6.51. The molecule has 2 aromatic heterocycles. The van der Waals surface area contributed by atoms with Crippen LogP contribution in [0, 0.1) is 0 Å². The van der Waals surface area contributed by atoms with Gasteiger partial charge in [0.15, 0.2) is 0 Å². The van der Waals surface area contributed by atoms with Gasteiger partial charge in [-0.05, 0) is 31.9 Å². The number of aromatic nitrogens is 3. The van der Waals surface area contributed by atoms with Gasteiger partial charge in [-0.25, -0.2) is 9.97 Å². The lowest BCUT2D eigenvalue weighted by molar-refractivity contribution is 0.102. The number of amides is 1. The largest absolute Gasteiger partial charge is 0.478 e. The van der Waals surface area contributed by atoms with E-state index < -0.39 is 0 Å². The molecule has 1 aliphatic heterocycles. The van der Waals surface area contributed by atoms with E-state index in [4.69, 9.17) is 9.72 Å².